The Labute approximate surface area is 139 Å². The Hall–Kier alpha value is -3.15. The Balaban J connectivity index is 2.01. The zero-order valence-corrected chi connectivity index (χ0v) is 13.4. The summed E-state index contributed by atoms with van der Waals surface area (Å²) in [7, 11) is 3.34. The SMILES string of the molecule is CN(C)C(=O)c1ccc(NC(=O)Cc2cccc(C(=O)O)c2)cc1. The minimum absolute atomic E-state index is 0.0689. The molecule has 2 N–H and O–H groups in total. The summed E-state index contributed by atoms with van der Waals surface area (Å²) in [6.45, 7) is 0. The molecule has 2 aromatic rings. The average molecular weight is 326 g/mol. The molecular weight excluding hydrogens is 308 g/mol. The highest BCUT2D eigenvalue weighted by Gasteiger charge is 2.10. The number of rotatable bonds is 5. The number of hydrogen-bond donors (Lipinski definition) is 2. The second-order valence-corrected chi connectivity index (χ2v) is 5.51. The van der Waals surface area contributed by atoms with Gasteiger partial charge in [0.15, 0.2) is 0 Å². The van der Waals surface area contributed by atoms with Crippen molar-refractivity contribution in [2.24, 2.45) is 0 Å². The number of benzene rings is 2. The Kier molecular flexibility index (Phi) is 5.31. The second kappa shape index (κ2) is 7.41. The van der Waals surface area contributed by atoms with Crippen LogP contribution in [-0.4, -0.2) is 41.9 Å². The van der Waals surface area contributed by atoms with Crippen molar-refractivity contribution in [3.63, 3.8) is 0 Å². The van der Waals surface area contributed by atoms with Gasteiger partial charge in [0, 0.05) is 25.3 Å². The van der Waals surface area contributed by atoms with E-state index in [1.54, 1.807) is 50.5 Å². The molecule has 2 rings (SSSR count). The predicted octanol–water partition coefficient (Wildman–Crippen LogP) is 2.27. The predicted molar refractivity (Wildman–Crippen MR) is 90.2 cm³/mol. The average Bonchev–Trinajstić information content (AvgIpc) is 2.55. The Morgan fingerprint density at radius 1 is 1.00 bits per heavy atom. The van der Waals surface area contributed by atoms with Crippen molar-refractivity contribution in [3.8, 4) is 0 Å². The lowest BCUT2D eigenvalue weighted by molar-refractivity contribution is -0.115. The number of nitrogens with one attached hydrogen (secondary N) is 1. The topological polar surface area (TPSA) is 86.7 Å². The van der Waals surface area contributed by atoms with Gasteiger partial charge in [-0.05, 0) is 42.0 Å². The van der Waals surface area contributed by atoms with E-state index in [9.17, 15) is 14.4 Å². The Bertz CT molecular complexity index is 767. The maximum Gasteiger partial charge on any atom is 0.335 e. The molecule has 2 aromatic carbocycles. The van der Waals surface area contributed by atoms with Gasteiger partial charge in [0.2, 0.25) is 5.91 Å². The fourth-order valence-corrected chi connectivity index (χ4v) is 2.16. The first kappa shape index (κ1) is 17.2. The van der Waals surface area contributed by atoms with E-state index < -0.39 is 5.97 Å². The van der Waals surface area contributed by atoms with Crippen molar-refractivity contribution in [1.82, 2.24) is 4.90 Å². The summed E-state index contributed by atoms with van der Waals surface area (Å²) >= 11 is 0. The van der Waals surface area contributed by atoms with Crippen molar-refractivity contribution in [2.45, 2.75) is 6.42 Å². The summed E-state index contributed by atoms with van der Waals surface area (Å²) in [5.41, 5.74) is 1.87. The number of carbonyl (C=O) groups is 3. The first-order valence-electron chi connectivity index (χ1n) is 7.30. The van der Waals surface area contributed by atoms with Crippen molar-refractivity contribution in [3.05, 3.63) is 65.2 Å². The molecule has 6 nitrogen and oxygen atoms in total. The van der Waals surface area contributed by atoms with Gasteiger partial charge in [-0.3, -0.25) is 9.59 Å². The van der Waals surface area contributed by atoms with Crippen LogP contribution in [0.25, 0.3) is 0 Å². The molecule has 2 amide bonds. The van der Waals surface area contributed by atoms with Crippen LogP contribution in [0.15, 0.2) is 48.5 Å². The standard InChI is InChI=1S/C18H18N2O4/c1-20(2)17(22)13-6-8-15(9-7-13)19-16(21)11-12-4-3-5-14(10-12)18(23)24/h3-10H,11H2,1-2H3,(H,19,21)(H,23,24). The van der Waals surface area contributed by atoms with E-state index >= 15 is 0 Å². The molecule has 0 aromatic heterocycles. The number of carboxylic acids is 1. The van der Waals surface area contributed by atoms with E-state index in [0.29, 0.717) is 16.8 Å². The lowest BCUT2D eigenvalue weighted by atomic mass is 10.1. The third kappa shape index (κ3) is 4.42. The summed E-state index contributed by atoms with van der Waals surface area (Å²) in [6.07, 6.45) is 0.0689. The smallest absolute Gasteiger partial charge is 0.335 e. The molecule has 0 unspecified atom stereocenters. The monoisotopic (exact) mass is 326 g/mol. The van der Waals surface area contributed by atoms with E-state index in [2.05, 4.69) is 5.32 Å². The van der Waals surface area contributed by atoms with Gasteiger partial charge >= 0.3 is 5.97 Å². The summed E-state index contributed by atoms with van der Waals surface area (Å²) in [6, 6.07) is 12.8. The molecular formula is C18H18N2O4. The molecule has 124 valence electrons. The number of carbonyl (C=O) groups excluding carboxylic acids is 2. The van der Waals surface area contributed by atoms with Crippen LogP contribution < -0.4 is 5.32 Å². The molecule has 0 spiro atoms. The lowest BCUT2D eigenvalue weighted by Crippen LogP contribution is -2.21. The highest BCUT2D eigenvalue weighted by atomic mass is 16.4. The van der Waals surface area contributed by atoms with E-state index in [1.807, 2.05) is 0 Å². The Morgan fingerprint density at radius 3 is 2.25 bits per heavy atom. The maximum absolute atomic E-state index is 12.1. The zero-order chi connectivity index (χ0) is 17.7. The molecule has 0 atom stereocenters. The van der Waals surface area contributed by atoms with Gasteiger partial charge in [-0.2, -0.15) is 0 Å². The van der Waals surface area contributed by atoms with Crippen LogP contribution in [0.1, 0.15) is 26.3 Å². The highest BCUT2D eigenvalue weighted by molar-refractivity contribution is 5.96. The first-order chi connectivity index (χ1) is 11.4. The highest BCUT2D eigenvalue weighted by Crippen LogP contribution is 2.12. The molecule has 0 radical (unpaired) electrons. The van der Waals surface area contributed by atoms with Gasteiger partial charge in [-0.15, -0.1) is 0 Å². The second-order valence-electron chi connectivity index (χ2n) is 5.51. The quantitative estimate of drug-likeness (QED) is 0.882. The molecule has 0 aliphatic rings. The molecule has 0 fully saturated rings. The van der Waals surface area contributed by atoms with Crippen molar-refractivity contribution >= 4 is 23.5 Å². The van der Waals surface area contributed by atoms with Crippen LogP contribution in [0.2, 0.25) is 0 Å². The van der Waals surface area contributed by atoms with Crippen molar-refractivity contribution < 1.29 is 19.5 Å². The van der Waals surface area contributed by atoms with Crippen LogP contribution in [0.3, 0.4) is 0 Å². The third-order valence-electron chi connectivity index (χ3n) is 3.36. The number of carboxylic acid groups (broad SMARTS) is 1. The van der Waals surface area contributed by atoms with Crippen LogP contribution in [-0.2, 0) is 11.2 Å². The van der Waals surface area contributed by atoms with Gasteiger partial charge in [0.25, 0.3) is 5.91 Å². The van der Waals surface area contributed by atoms with Gasteiger partial charge in [-0.1, -0.05) is 12.1 Å². The largest absolute Gasteiger partial charge is 0.478 e. The summed E-state index contributed by atoms with van der Waals surface area (Å²) in [5.74, 6) is -1.40. The number of hydrogen-bond acceptors (Lipinski definition) is 3. The van der Waals surface area contributed by atoms with Crippen LogP contribution in [0.5, 0.6) is 0 Å². The summed E-state index contributed by atoms with van der Waals surface area (Å²) in [4.78, 5) is 36.3. The van der Waals surface area contributed by atoms with E-state index in [-0.39, 0.29) is 23.8 Å². The van der Waals surface area contributed by atoms with E-state index in [0.717, 1.165) is 0 Å². The molecule has 6 heteroatoms. The minimum atomic E-state index is -1.03. The van der Waals surface area contributed by atoms with Crippen molar-refractivity contribution in [2.75, 3.05) is 19.4 Å². The third-order valence-corrected chi connectivity index (χ3v) is 3.36. The molecule has 0 bridgehead atoms. The normalized spacial score (nSPS) is 10.1. The number of aromatic carboxylic acids is 1. The van der Waals surface area contributed by atoms with Gasteiger partial charge in [0.1, 0.15) is 0 Å². The van der Waals surface area contributed by atoms with Gasteiger partial charge in [0.05, 0.1) is 12.0 Å². The zero-order valence-electron chi connectivity index (χ0n) is 13.4. The molecule has 0 saturated carbocycles. The van der Waals surface area contributed by atoms with E-state index in [4.69, 9.17) is 5.11 Å². The number of nitrogens with zero attached hydrogens (tertiary/aromatic N) is 1. The van der Waals surface area contributed by atoms with Crippen LogP contribution >= 0.6 is 0 Å². The molecule has 0 aliphatic carbocycles. The van der Waals surface area contributed by atoms with Crippen LogP contribution in [0.4, 0.5) is 5.69 Å². The summed E-state index contributed by atoms with van der Waals surface area (Å²) in [5, 5.41) is 11.7. The lowest BCUT2D eigenvalue weighted by Gasteiger charge is -2.11. The fraction of sp³-hybridized carbons (Fsp3) is 0.167. The summed E-state index contributed by atoms with van der Waals surface area (Å²) < 4.78 is 0. The van der Waals surface area contributed by atoms with Gasteiger partial charge < -0.3 is 15.3 Å². The fourth-order valence-electron chi connectivity index (χ4n) is 2.16. The number of amides is 2. The maximum atomic E-state index is 12.1. The minimum Gasteiger partial charge on any atom is -0.478 e. The van der Waals surface area contributed by atoms with Crippen LogP contribution in [0, 0.1) is 0 Å². The van der Waals surface area contributed by atoms with Crippen molar-refractivity contribution in [1.29, 1.82) is 0 Å². The van der Waals surface area contributed by atoms with E-state index in [1.165, 1.54) is 17.0 Å². The number of anilines is 1. The first-order valence-corrected chi connectivity index (χ1v) is 7.30. The molecule has 0 heterocycles. The molecule has 24 heavy (non-hydrogen) atoms. The Morgan fingerprint density at radius 2 is 1.67 bits per heavy atom. The van der Waals surface area contributed by atoms with Gasteiger partial charge in [-0.25, -0.2) is 4.79 Å². The molecule has 0 saturated heterocycles. The molecule has 0 aliphatic heterocycles.